The summed E-state index contributed by atoms with van der Waals surface area (Å²) in [5.41, 5.74) is 2.67. The number of carboxylic acid groups (broad SMARTS) is 1. The predicted octanol–water partition coefficient (Wildman–Crippen LogP) is 1.10. The number of sulfonamides is 1. The van der Waals surface area contributed by atoms with E-state index in [1.165, 1.54) is 43.3 Å². The number of benzene rings is 2. The fraction of sp³-hybridized carbons (Fsp3) is 0.176. The lowest BCUT2D eigenvalue weighted by molar-refractivity contribution is -0.139. The SMILES string of the molecule is Cc1ccc(S(=O)(=O)NNC(=O)c2ccccc2O)c(C)c1OCC(=O)O. The zero-order chi connectivity index (χ0) is 20.2. The number of amides is 1. The van der Waals surface area contributed by atoms with Crippen LogP contribution in [0.5, 0.6) is 11.5 Å². The number of carboxylic acids is 1. The van der Waals surface area contributed by atoms with E-state index in [4.69, 9.17) is 9.84 Å². The Hall–Kier alpha value is -3.11. The number of carbonyl (C=O) groups excluding carboxylic acids is 1. The van der Waals surface area contributed by atoms with E-state index in [2.05, 4.69) is 0 Å². The second-order valence-electron chi connectivity index (χ2n) is 5.59. The van der Waals surface area contributed by atoms with Crippen LogP contribution in [-0.2, 0) is 14.8 Å². The first-order chi connectivity index (χ1) is 12.6. The molecule has 144 valence electrons. The van der Waals surface area contributed by atoms with Gasteiger partial charge in [0.1, 0.15) is 11.5 Å². The van der Waals surface area contributed by atoms with E-state index in [0.717, 1.165) is 0 Å². The van der Waals surface area contributed by atoms with E-state index in [0.29, 0.717) is 5.56 Å². The minimum atomic E-state index is -4.18. The Bertz CT molecular complexity index is 987. The molecule has 0 unspecified atom stereocenters. The molecule has 1 amide bonds. The van der Waals surface area contributed by atoms with E-state index < -0.39 is 28.5 Å². The van der Waals surface area contributed by atoms with Gasteiger partial charge in [0, 0.05) is 5.56 Å². The van der Waals surface area contributed by atoms with Crippen LogP contribution in [0.1, 0.15) is 21.5 Å². The van der Waals surface area contributed by atoms with Gasteiger partial charge in [0.15, 0.2) is 6.61 Å². The summed E-state index contributed by atoms with van der Waals surface area (Å²) >= 11 is 0. The van der Waals surface area contributed by atoms with Crippen molar-refractivity contribution in [3.8, 4) is 11.5 Å². The molecule has 2 aromatic carbocycles. The Kier molecular flexibility index (Phi) is 6.03. The summed E-state index contributed by atoms with van der Waals surface area (Å²) < 4.78 is 30.2. The average molecular weight is 394 g/mol. The van der Waals surface area contributed by atoms with Crippen molar-refractivity contribution in [2.24, 2.45) is 0 Å². The summed E-state index contributed by atoms with van der Waals surface area (Å²) in [7, 11) is -4.18. The van der Waals surface area contributed by atoms with Crippen molar-refractivity contribution in [3.05, 3.63) is 53.1 Å². The Morgan fingerprint density at radius 3 is 2.41 bits per heavy atom. The summed E-state index contributed by atoms with van der Waals surface area (Å²) in [6.07, 6.45) is 0. The molecule has 0 aliphatic heterocycles. The van der Waals surface area contributed by atoms with Crippen molar-refractivity contribution >= 4 is 21.9 Å². The van der Waals surface area contributed by atoms with E-state index >= 15 is 0 Å². The summed E-state index contributed by atoms with van der Waals surface area (Å²) in [6, 6.07) is 8.42. The quantitative estimate of drug-likeness (QED) is 0.515. The molecule has 0 saturated carbocycles. The van der Waals surface area contributed by atoms with Crippen molar-refractivity contribution in [1.29, 1.82) is 0 Å². The first kappa shape index (κ1) is 20.2. The smallest absolute Gasteiger partial charge is 0.341 e. The van der Waals surface area contributed by atoms with Crippen LogP contribution in [0, 0.1) is 13.8 Å². The number of hydrogen-bond acceptors (Lipinski definition) is 6. The maximum absolute atomic E-state index is 12.5. The number of para-hydroxylation sites is 1. The van der Waals surface area contributed by atoms with Gasteiger partial charge in [0.25, 0.3) is 15.9 Å². The van der Waals surface area contributed by atoms with E-state index in [1.54, 1.807) is 6.92 Å². The Morgan fingerprint density at radius 1 is 1.11 bits per heavy atom. The van der Waals surface area contributed by atoms with Crippen LogP contribution in [0.15, 0.2) is 41.3 Å². The van der Waals surface area contributed by atoms with Crippen LogP contribution in [-0.4, -0.2) is 37.1 Å². The number of carbonyl (C=O) groups is 2. The van der Waals surface area contributed by atoms with Gasteiger partial charge in [-0.05, 0) is 37.6 Å². The molecular weight excluding hydrogens is 376 g/mol. The molecule has 10 heteroatoms. The second-order valence-corrected chi connectivity index (χ2v) is 7.24. The number of ether oxygens (including phenoxy) is 1. The molecule has 0 atom stereocenters. The fourth-order valence-electron chi connectivity index (χ4n) is 2.36. The van der Waals surface area contributed by atoms with Gasteiger partial charge in [-0.25, -0.2) is 13.2 Å². The van der Waals surface area contributed by atoms with Gasteiger partial charge in [-0.15, -0.1) is 4.83 Å². The third-order valence-corrected chi connectivity index (χ3v) is 5.02. The third-order valence-electron chi connectivity index (χ3n) is 3.63. The number of aliphatic carboxylic acids is 1. The summed E-state index contributed by atoms with van der Waals surface area (Å²) in [5.74, 6) is -2.21. The second kappa shape index (κ2) is 8.06. The Labute approximate surface area is 155 Å². The number of aryl methyl sites for hydroxylation is 1. The lowest BCUT2D eigenvalue weighted by atomic mass is 10.1. The highest BCUT2D eigenvalue weighted by Crippen LogP contribution is 2.28. The van der Waals surface area contributed by atoms with Gasteiger partial charge in [-0.2, -0.15) is 0 Å². The highest BCUT2D eigenvalue weighted by Gasteiger charge is 2.22. The van der Waals surface area contributed by atoms with Crippen molar-refractivity contribution in [1.82, 2.24) is 10.3 Å². The number of hydrogen-bond donors (Lipinski definition) is 4. The van der Waals surface area contributed by atoms with E-state index in [1.807, 2.05) is 10.3 Å². The molecular formula is C17H18N2O7S. The highest BCUT2D eigenvalue weighted by molar-refractivity contribution is 7.89. The zero-order valence-electron chi connectivity index (χ0n) is 14.5. The van der Waals surface area contributed by atoms with Gasteiger partial charge in [0.05, 0.1) is 10.5 Å². The highest BCUT2D eigenvalue weighted by atomic mass is 32.2. The Morgan fingerprint density at radius 2 is 1.78 bits per heavy atom. The van der Waals surface area contributed by atoms with Crippen molar-refractivity contribution in [2.75, 3.05) is 6.61 Å². The molecule has 0 bridgehead atoms. The average Bonchev–Trinajstić information content (AvgIpc) is 2.59. The van der Waals surface area contributed by atoms with Crippen LogP contribution in [0.2, 0.25) is 0 Å². The molecule has 0 saturated heterocycles. The molecule has 4 N–H and O–H groups in total. The largest absolute Gasteiger partial charge is 0.507 e. The molecule has 0 fully saturated rings. The van der Waals surface area contributed by atoms with Gasteiger partial charge in [-0.1, -0.05) is 18.2 Å². The molecule has 2 rings (SSSR count). The number of nitrogens with one attached hydrogen (secondary N) is 2. The Balaban J connectivity index is 2.24. The minimum absolute atomic E-state index is 0.105. The lowest BCUT2D eigenvalue weighted by Crippen LogP contribution is -2.41. The lowest BCUT2D eigenvalue weighted by Gasteiger charge is -2.15. The van der Waals surface area contributed by atoms with E-state index in [9.17, 15) is 23.1 Å². The van der Waals surface area contributed by atoms with Gasteiger partial charge >= 0.3 is 5.97 Å². The zero-order valence-corrected chi connectivity index (χ0v) is 15.3. The molecule has 0 heterocycles. The molecule has 27 heavy (non-hydrogen) atoms. The van der Waals surface area contributed by atoms with Crippen LogP contribution < -0.4 is 15.0 Å². The molecule has 0 radical (unpaired) electrons. The van der Waals surface area contributed by atoms with Gasteiger partial charge < -0.3 is 14.9 Å². The summed E-state index contributed by atoms with van der Waals surface area (Å²) in [4.78, 5) is 24.5. The van der Waals surface area contributed by atoms with Gasteiger partial charge in [0.2, 0.25) is 0 Å². The first-order valence-corrected chi connectivity index (χ1v) is 9.16. The van der Waals surface area contributed by atoms with Crippen LogP contribution in [0.25, 0.3) is 0 Å². The van der Waals surface area contributed by atoms with E-state index in [-0.39, 0.29) is 27.5 Å². The molecule has 0 aliphatic rings. The number of rotatable bonds is 7. The van der Waals surface area contributed by atoms with Crippen molar-refractivity contribution in [3.63, 3.8) is 0 Å². The standard InChI is InChI=1S/C17H18N2O7S/c1-10-7-8-14(11(2)16(10)26-9-15(21)22)27(24,25)19-18-17(23)12-5-3-4-6-13(12)20/h3-8,19-20H,9H2,1-2H3,(H,18,23)(H,21,22). The maximum Gasteiger partial charge on any atom is 0.341 e. The van der Waals surface area contributed by atoms with Crippen molar-refractivity contribution < 1.29 is 33.0 Å². The number of phenols is 1. The predicted molar refractivity (Wildman–Crippen MR) is 94.9 cm³/mol. The molecule has 0 aromatic heterocycles. The minimum Gasteiger partial charge on any atom is -0.507 e. The van der Waals surface area contributed by atoms with Crippen molar-refractivity contribution in [2.45, 2.75) is 18.7 Å². The van der Waals surface area contributed by atoms with Crippen LogP contribution in [0.3, 0.4) is 0 Å². The number of hydrazine groups is 1. The summed E-state index contributed by atoms with van der Waals surface area (Å²) in [6.45, 7) is 2.49. The molecule has 2 aromatic rings. The number of phenolic OH excluding ortho intramolecular Hbond substituents is 1. The monoisotopic (exact) mass is 394 g/mol. The topological polar surface area (TPSA) is 142 Å². The van der Waals surface area contributed by atoms with Crippen LogP contribution in [0.4, 0.5) is 0 Å². The molecule has 9 nitrogen and oxygen atoms in total. The van der Waals surface area contributed by atoms with Crippen LogP contribution >= 0.6 is 0 Å². The third kappa shape index (κ3) is 4.74. The molecule has 0 spiro atoms. The normalized spacial score (nSPS) is 11.0. The fourth-order valence-corrected chi connectivity index (χ4v) is 3.44. The first-order valence-electron chi connectivity index (χ1n) is 7.68. The maximum atomic E-state index is 12.5. The van der Waals surface area contributed by atoms with Gasteiger partial charge in [-0.3, -0.25) is 10.2 Å². The number of aromatic hydroxyl groups is 1. The summed E-state index contributed by atoms with van der Waals surface area (Å²) in [5, 5.41) is 18.4. The molecule has 0 aliphatic carbocycles.